The lowest BCUT2D eigenvalue weighted by Crippen LogP contribution is -2.49. The van der Waals surface area contributed by atoms with Gasteiger partial charge in [0.1, 0.15) is 0 Å². The topological polar surface area (TPSA) is 71.9 Å². The first-order valence-corrected chi connectivity index (χ1v) is 11.8. The summed E-state index contributed by atoms with van der Waals surface area (Å²) in [5.74, 6) is 1.68. The summed E-state index contributed by atoms with van der Waals surface area (Å²) in [5.41, 5.74) is 2.62. The summed E-state index contributed by atoms with van der Waals surface area (Å²) in [6.45, 7) is 10.3. The van der Waals surface area contributed by atoms with Gasteiger partial charge < -0.3 is 20.4 Å². The van der Waals surface area contributed by atoms with Crippen molar-refractivity contribution in [1.29, 1.82) is 0 Å². The highest BCUT2D eigenvalue weighted by molar-refractivity contribution is 5.80. The third-order valence-electron chi connectivity index (χ3n) is 6.35. The summed E-state index contributed by atoms with van der Waals surface area (Å²) in [6.07, 6.45) is 6.20. The van der Waals surface area contributed by atoms with Crippen LogP contribution >= 0.6 is 0 Å². The minimum Gasteiger partial charge on any atom is -0.372 e. The van der Waals surface area contributed by atoms with E-state index in [-0.39, 0.29) is 6.04 Å². The number of hydrogen-bond donors (Lipinski definition) is 2. The summed E-state index contributed by atoms with van der Waals surface area (Å²) in [5, 5.41) is 7.02. The lowest BCUT2D eigenvalue weighted by Gasteiger charge is -2.34. The maximum atomic E-state index is 4.43. The maximum absolute atomic E-state index is 4.43. The zero-order chi connectivity index (χ0) is 22.2. The van der Waals surface area contributed by atoms with Crippen LogP contribution in [0.4, 0.5) is 11.6 Å². The minimum atomic E-state index is 0.193. The number of anilines is 2. The van der Waals surface area contributed by atoms with Crippen molar-refractivity contribution in [3.05, 3.63) is 48.3 Å². The molecule has 2 aromatic rings. The zero-order valence-electron chi connectivity index (χ0n) is 19.4. The second kappa shape index (κ2) is 11.1. The van der Waals surface area contributed by atoms with E-state index in [1.807, 2.05) is 13.1 Å². The second-order valence-corrected chi connectivity index (χ2v) is 8.53. The Bertz CT molecular complexity index is 857. The standard InChI is InChI=1S/C24H36N8/c1-20(21-7-5-8-22(19-21)31-12-3-4-13-31)29-23(25-2)26-11-14-30-15-17-32(18-16-30)24-27-9-6-10-28-24/h5-10,19-20H,3-4,11-18H2,1-2H3,(H2,25,26,29). The Kier molecular flexibility index (Phi) is 7.77. The molecule has 1 aromatic carbocycles. The molecule has 172 valence electrons. The predicted octanol–water partition coefficient (Wildman–Crippen LogP) is 2.13. The number of benzene rings is 1. The molecule has 0 saturated carbocycles. The molecule has 1 unspecified atom stereocenters. The van der Waals surface area contributed by atoms with Crippen molar-refractivity contribution < 1.29 is 0 Å². The highest BCUT2D eigenvalue weighted by Crippen LogP contribution is 2.23. The van der Waals surface area contributed by atoms with E-state index in [1.54, 1.807) is 12.4 Å². The molecule has 2 fully saturated rings. The molecule has 1 aromatic heterocycles. The second-order valence-electron chi connectivity index (χ2n) is 8.53. The molecule has 0 radical (unpaired) electrons. The van der Waals surface area contributed by atoms with Gasteiger partial charge in [0, 0.05) is 77.5 Å². The average molecular weight is 437 g/mol. The largest absolute Gasteiger partial charge is 0.372 e. The van der Waals surface area contributed by atoms with E-state index in [0.29, 0.717) is 0 Å². The van der Waals surface area contributed by atoms with Crippen molar-refractivity contribution >= 4 is 17.6 Å². The van der Waals surface area contributed by atoms with E-state index in [0.717, 1.165) is 51.2 Å². The van der Waals surface area contributed by atoms with Gasteiger partial charge in [-0.25, -0.2) is 9.97 Å². The molecule has 0 amide bonds. The SMILES string of the molecule is CN=C(NCCN1CCN(c2ncccn2)CC1)NC(C)c1cccc(N2CCCC2)c1. The Balaban J connectivity index is 1.20. The van der Waals surface area contributed by atoms with Gasteiger partial charge in [-0.1, -0.05) is 12.1 Å². The van der Waals surface area contributed by atoms with Crippen LogP contribution in [0.3, 0.4) is 0 Å². The number of piperazine rings is 1. The van der Waals surface area contributed by atoms with Crippen molar-refractivity contribution in [3.63, 3.8) is 0 Å². The number of aromatic nitrogens is 2. The summed E-state index contributed by atoms with van der Waals surface area (Å²) in [4.78, 5) is 20.4. The van der Waals surface area contributed by atoms with Crippen LogP contribution in [0.15, 0.2) is 47.7 Å². The molecule has 32 heavy (non-hydrogen) atoms. The number of hydrogen-bond acceptors (Lipinski definition) is 6. The molecule has 0 spiro atoms. The highest BCUT2D eigenvalue weighted by atomic mass is 15.3. The molecule has 1 atom stereocenters. The van der Waals surface area contributed by atoms with Crippen LogP contribution in [0.2, 0.25) is 0 Å². The third kappa shape index (κ3) is 5.88. The highest BCUT2D eigenvalue weighted by Gasteiger charge is 2.19. The Hall–Kier alpha value is -2.87. The van der Waals surface area contributed by atoms with Gasteiger partial charge in [-0.3, -0.25) is 9.89 Å². The van der Waals surface area contributed by atoms with Crippen LogP contribution in [0.1, 0.15) is 31.4 Å². The lowest BCUT2D eigenvalue weighted by molar-refractivity contribution is 0.260. The number of nitrogens with one attached hydrogen (secondary N) is 2. The van der Waals surface area contributed by atoms with Gasteiger partial charge in [0.05, 0.1) is 6.04 Å². The normalized spacial score (nSPS) is 18.6. The summed E-state index contributed by atoms with van der Waals surface area (Å²) in [7, 11) is 1.83. The van der Waals surface area contributed by atoms with E-state index >= 15 is 0 Å². The van der Waals surface area contributed by atoms with Crippen molar-refractivity contribution in [2.45, 2.75) is 25.8 Å². The molecule has 2 saturated heterocycles. The van der Waals surface area contributed by atoms with E-state index < -0.39 is 0 Å². The molecule has 2 aliphatic rings. The molecule has 8 heteroatoms. The van der Waals surface area contributed by atoms with Crippen LogP contribution in [0.25, 0.3) is 0 Å². The van der Waals surface area contributed by atoms with Gasteiger partial charge in [0.25, 0.3) is 0 Å². The monoisotopic (exact) mass is 436 g/mol. The number of rotatable bonds is 7. The fraction of sp³-hybridized carbons (Fsp3) is 0.542. The van der Waals surface area contributed by atoms with Crippen LogP contribution < -0.4 is 20.4 Å². The van der Waals surface area contributed by atoms with Crippen LogP contribution in [-0.2, 0) is 0 Å². The van der Waals surface area contributed by atoms with E-state index in [4.69, 9.17) is 0 Å². The van der Waals surface area contributed by atoms with Gasteiger partial charge >= 0.3 is 0 Å². The molecule has 2 N–H and O–H groups in total. The summed E-state index contributed by atoms with van der Waals surface area (Å²) in [6, 6.07) is 10.9. The zero-order valence-corrected chi connectivity index (χ0v) is 19.4. The first-order chi connectivity index (χ1) is 15.7. The third-order valence-corrected chi connectivity index (χ3v) is 6.35. The smallest absolute Gasteiger partial charge is 0.225 e. The predicted molar refractivity (Wildman–Crippen MR) is 131 cm³/mol. The molecule has 4 rings (SSSR count). The number of guanidine groups is 1. The Morgan fingerprint density at radius 3 is 2.47 bits per heavy atom. The molecule has 0 aliphatic carbocycles. The van der Waals surface area contributed by atoms with Crippen molar-refractivity contribution in [2.75, 3.05) is 69.2 Å². The quantitative estimate of drug-likeness (QED) is 0.509. The van der Waals surface area contributed by atoms with Crippen molar-refractivity contribution in [3.8, 4) is 0 Å². The van der Waals surface area contributed by atoms with Gasteiger partial charge in [-0.2, -0.15) is 0 Å². The summed E-state index contributed by atoms with van der Waals surface area (Å²) < 4.78 is 0. The molecule has 2 aliphatic heterocycles. The first-order valence-electron chi connectivity index (χ1n) is 11.8. The molecular formula is C24H36N8. The molecule has 8 nitrogen and oxygen atoms in total. The van der Waals surface area contributed by atoms with Crippen LogP contribution in [-0.4, -0.2) is 80.2 Å². The van der Waals surface area contributed by atoms with Crippen LogP contribution in [0, 0.1) is 0 Å². The summed E-state index contributed by atoms with van der Waals surface area (Å²) >= 11 is 0. The average Bonchev–Trinajstić information content (AvgIpc) is 3.39. The van der Waals surface area contributed by atoms with Gasteiger partial charge in [-0.05, 0) is 43.5 Å². The maximum Gasteiger partial charge on any atom is 0.225 e. The molecule has 0 bridgehead atoms. The Morgan fingerprint density at radius 1 is 1.00 bits per heavy atom. The van der Waals surface area contributed by atoms with Gasteiger partial charge in [-0.15, -0.1) is 0 Å². The van der Waals surface area contributed by atoms with Crippen molar-refractivity contribution in [1.82, 2.24) is 25.5 Å². The fourth-order valence-corrected chi connectivity index (χ4v) is 4.41. The Morgan fingerprint density at radius 2 is 1.75 bits per heavy atom. The van der Waals surface area contributed by atoms with Crippen LogP contribution in [0.5, 0.6) is 0 Å². The van der Waals surface area contributed by atoms with Gasteiger partial charge in [0.15, 0.2) is 5.96 Å². The fourth-order valence-electron chi connectivity index (χ4n) is 4.41. The van der Waals surface area contributed by atoms with E-state index in [1.165, 1.54) is 37.2 Å². The van der Waals surface area contributed by atoms with Crippen molar-refractivity contribution in [2.24, 2.45) is 4.99 Å². The van der Waals surface area contributed by atoms with E-state index in [2.05, 4.69) is 71.5 Å². The van der Waals surface area contributed by atoms with E-state index in [9.17, 15) is 0 Å². The molecule has 3 heterocycles. The molecular weight excluding hydrogens is 400 g/mol. The number of aliphatic imine (C=N–C) groups is 1. The minimum absolute atomic E-state index is 0.193. The first kappa shape index (κ1) is 22.3. The Labute approximate surface area is 191 Å². The van der Waals surface area contributed by atoms with Gasteiger partial charge in [0.2, 0.25) is 5.95 Å². The number of nitrogens with zero attached hydrogens (tertiary/aromatic N) is 6. The lowest BCUT2D eigenvalue weighted by atomic mass is 10.1.